The zero-order valence-electron chi connectivity index (χ0n) is 12.3. The highest BCUT2D eigenvalue weighted by molar-refractivity contribution is 5.65. The summed E-state index contributed by atoms with van der Waals surface area (Å²) in [6.45, 7) is 7.99. The summed E-state index contributed by atoms with van der Waals surface area (Å²) in [5, 5.41) is 9.01. The van der Waals surface area contributed by atoms with Crippen LogP contribution in [0.1, 0.15) is 36.6 Å². The third-order valence-corrected chi connectivity index (χ3v) is 3.41. The van der Waals surface area contributed by atoms with Crippen LogP contribution in [0.25, 0.3) is 11.3 Å². The second kappa shape index (κ2) is 5.34. The molecule has 0 aliphatic rings. The lowest BCUT2D eigenvalue weighted by atomic mass is 10.0. The highest BCUT2D eigenvalue weighted by Crippen LogP contribution is 2.25. The van der Waals surface area contributed by atoms with Gasteiger partial charge in [-0.15, -0.1) is 0 Å². The maximum absolute atomic E-state index is 12.4. The van der Waals surface area contributed by atoms with Gasteiger partial charge in [-0.25, -0.2) is 0 Å². The molecule has 1 heterocycles. The van der Waals surface area contributed by atoms with E-state index in [1.807, 2.05) is 52.0 Å². The lowest BCUT2D eigenvalue weighted by Crippen LogP contribution is -2.25. The SMILES string of the molecule is Cc1ccc(-c2ccc(C#N)c(=O)n2C(C)C)c(C)c1. The maximum Gasteiger partial charge on any atom is 0.269 e. The Bertz CT molecular complexity index is 749. The largest absolute Gasteiger partial charge is 0.305 e. The number of rotatable bonds is 2. The molecule has 0 spiro atoms. The Labute approximate surface area is 119 Å². The molecule has 0 bridgehead atoms. The van der Waals surface area contributed by atoms with Crippen molar-refractivity contribution in [1.82, 2.24) is 4.57 Å². The molecular formula is C17H18N2O. The summed E-state index contributed by atoms with van der Waals surface area (Å²) < 4.78 is 1.69. The van der Waals surface area contributed by atoms with Crippen molar-refractivity contribution in [2.75, 3.05) is 0 Å². The van der Waals surface area contributed by atoms with Gasteiger partial charge in [0.25, 0.3) is 5.56 Å². The summed E-state index contributed by atoms with van der Waals surface area (Å²) in [4.78, 5) is 12.4. The average Bonchev–Trinajstić information content (AvgIpc) is 2.38. The zero-order chi connectivity index (χ0) is 14.9. The van der Waals surface area contributed by atoms with Gasteiger partial charge in [0.2, 0.25) is 0 Å². The van der Waals surface area contributed by atoms with Crippen molar-refractivity contribution in [3.63, 3.8) is 0 Å². The Hall–Kier alpha value is -2.34. The smallest absolute Gasteiger partial charge is 0.269 e. The maximum atomic E-state index is 12.4. The average molecular weight is 266 g/mol. The van der Waals surface area contributed by atoms with Crippen molar-refractivity contribution in [1.29, 1.82) is 5.26 Å². The van der Waals surface area contributed by atoms with Crippen LogP contribution in [0.4, 0.5) is 0 Å². The van der Waals surface area contributed by atoms with Gasteiger partial charge in [0.1, 0.15) is 11.6 Å². The third kappa shape index (κ3) is 2.37. The molecule has 1 aromatic carbocycles. The van der Waals surface area contributed by atoms with E-state index in [9.17, 15) is 4.79 Å². The number of benzene rings is 1. The first-order valence-corrected chi connectivity index (χ1v) is 6.69. The molecule has 0 saturated carbocycles. The lowest BCUT2D eigenvalue weighted by Gasteiger charge is -2.18. The first kappa shape index (κ1) is 14.1. The Morgan fingerprint density at radius 3 is 2.40 bits per heavy atom. The van der Waals surface area contributed by atoms with Crippen LogP contribution in [0, 0.1) is 25.2 Å². The van der Waals surface area contributed by atoms with Crippen molar-refractivity contribution in [2.24, 2.45) is 0 Å². The Morgan fingerprint density at radius 2 is 1.85 bits per heavy atom. The highest BCUT2D eigenvalue weighted by atomic mass is 16.1. The molecule has 0 fully saturated rings. The number of hydrogen-bond donors (Lipinski definition) is 0. The van der Waals surface area contributed by atoms with Gasteiger partial charge < -0.3 is 4.57 Å². The van der Waals surface area contributed by atoms with Gasteiger partial charge in [0, 0.05) is 11.6 Å². The van der Waals surface area contributed by atoms with Crippen molar-refractivity contribution in [3.8, 4) is 17.3 Å². The van der Waals surface area contributed by atoms with Crippen LogP contribution in [-0.2, 0) is 0 Å². The van der Waals surface area contributed by atoms with Gasteiger partial charge in [-0.3, -0.25) is 4.79 Å². The predicted molar refractivity (Wildman–Crippen MR) is 80.7 cm³/mol. The lowest BCUT2D eigenvalue weighted by molar-refractivity contribution is 0.583. The van der Waals surface area contributed by atoms with E-state index in [0.717, 1.165) is 16.8 Å². The van der Waals surface area contributed by atoms with Gasteiger partial charge >= 0.3 is 0 Å². The van der Waals surface area contributed by atoms with Gasteiger partial charge in [-0.2, -0.15) is 5.26 Å². The molecule has 2 rings (SSSR count). The van der Waals surface area contributed by atoms with Gasteiger partial charge in [-0.05, 0) is 45.4 Å². The van der Waals surface area contributed by atoms with Crippen molar-refractivity contribution >= 4 is 0 Å². The Kier molecular flexibility index (Phi) is 3.76. The molecular weight excluding hydrogens is 248 g/mol. The van der Waals surface area contributed by atoms with Crippen LogP contribution in [0.3, 0.4) is 0 Å². The summed E-state index contributed by atoms with van der Waals surface area (Å²) in [5.41, 5.74) is 4.18. The molecule has 1 aromatic heterocycles. The third-order valence-electron chi connectivity index (χ3n) is 3.41. The monoisotopic (exact) mass is 266 g/mol. The second-order valence-corrected chi connectivity index (χ2v) is 5.33. The van der Waals surface area contributed by atoms with Crippen molar-refractivity contribution in [3.05, 3.63) is 57.4 Å². The molecule has 0 N–H and O–H groups in total. The fraction of sp³-hybridized carbons (Fsp3) is 0.294. The van der Waals surface area contributed by atoms with E-state index < -0.39 is 0 Å². The standard InChI is InChI=1S/C17H18N2O/c1-11(2)19-16(8-6-14(10-18)17(19)20)15-7-5-12(3)9-13(15)4/h5-9,11H,1-4H3. The van der Waals surface area contributed by atoms with E-state index in [1.165, 1.54) is 5.56 Å². The van der Waals surface area contributed by atoms with Crippen LogP contribution in [0.15, 0.2) is 35.1 Å². The molecule has 0 amide bonds. The number of nitriles is 1. The first-order chi connectivity index (χ1) is 9.45. The minimum Gasteiger partial charge on any atom is -0.305 e. The molecule has 0 aliphatic carbocycles. The molecule has 0 atom stereocenters. The fourth-order valence-corrected chi connectivity index (χ4v) is 2.47. The molecule has 0 aliphatic heterocycles. The summed E-state index contributed by atoms with van der Waals surface area (Å²) in [6, 6.07) is 11.6. The van der Waals surface area contributed by atoms with E-state index in [-0.39, 0.29) is 17.2 Å². The van der Waals surface area contributed by atoms with E-state index in [1.54, 1.807) is 10.6 Å². The van der Waals surface area contributed by atoms with Gasteiger partial charge in [0.05, 0.1) is 5.69 Å². The van der Waals surface area contributed by atoms with Crippen LogP contribution in [0.2, 0.25) is 0 Å². The zero-order valence-corrected chi connectivity index (χ0v) is 12.3. The molecule has 0 unspecified atom stereocenters. The molecule has 20 heavy (non-hydrogen) atoms. The van der Waals surface area contributed by atoms with Crippen LogP contribution >= 0.6 is 0 Å². The second-order valence-electron chi connectivity index (χ2n) is 5.33. The quantitative estimate of drug-likeness (QED) is 0.834. The molecule has 102 valence electrons. The number of nitrogens with zero attached hydrogens (tertiary/aromatic N) is 2. The van der Waals surface area contributed by atoms with Crippen molar-refractivity contribution in [2.45, 2.75) is 33.7 Å². The number of hydrogen-bond acceptors (Lipinski definition) is 2. The summed E-state index contributed by atoms with van der Waals surface area (Å²) in [5.74, 6) is 0. The van der Waals surface area contributed by atoms with E-state index >= 15 is 0 Å². The molecule has 2 aromatic rings. The molecule has 3 nitrogen and oxygen atoms in total. The number of aromatic nitrogens is 1. The molecule has 3 heteroatoms. The summed E-state index contributed by atoms with van der Waals surface area (Å²) in [7, 11) is 0. The van der Waals surface area contributed by atoms with Crippen LogP contribution in [-0.4, -0.2) is 4.57 Å². The van der Waals surface area contributed by atoms with Crippen LogP contribution in [0.5, 0.6) is 0 Å². The van der Waals surface area contributed by atoms with E-state index in [0.29, 0.717) is 0 Å². The summed E-state index contributed by atoms with van der Waals surface area (Å²) >= 11 is 0. The molecule has 0 saturated heterocycles. The van der Waals surface area contributed by atoms with E-state index in [4.69, 9.17) is 5.26 Å². The Morgan fingerprint density at radius 1 is 1.15 bits per heavy atom. The first-order valence-electron chi connectivity index (χ1n) is 6.69. The highest BCUT2D eigenvalue weighted by Gasteiger charge is 2.14. The van der Waals surface area contributed by atoms with E-state index in [2.05, 4.69) is 6.07 Å². The minimum atomic E-state index is -0.222. The number of aryl methyl sites for hydroxylation is 2. The van der Waals surface area contributed by atoms with Crippen molar-refractivity contribution < 1.29 is 0 Å². The normalized spacial score (nSPS) is 10.6. The molecule has 0 radical (unpaired) electrons. The van der Waals surface area contributed by atoms with Crippen LogP contribution < -0.4 is 5.56 Å². The minimum absolute atomic E-state index is 0.00602. The van der Waals surface area contributed by atoms with Gasteiger partial charge in [-0.1, -0.05) is 23.8 Å². The Balaban J connectivity index is 2.78. The fourth-order valence-electron chi connectivity index (χ4n) is 2.47. The topological polar surface area (TPSA) is 45.8 Å². The number of pyridine rings is 1. The predicted octanol–water partition coefficient (Wildman–Crippen LogP) is 3.58. The summed E-state index contributed by atoms with van der Waals surface area (Å²) in [6.07, 6.45) is 0. The van der Waals surface area contributed by atoms with Gasteiger partial charge in [0.15, 0.2) is 0 Å².